The van der Waals surface area contributed by atoms with Gasteiger partial charge in [-0.1, -0.05) is 25.5 Å². The Labute approximate surface area is 213 Å². The van der Waals surface area contributed by atoms with E-state index in [1.165, 1.54) is 21.3 Å². The molecule has 0 N–H and O–H groups in total. The van der Waals surface area contributed by atoms with Gasteiger partial charge in [-0.2, -0.15) is 0 Å². The number of unbranched alkanes of at least 4 members (excludes halogenated alkanes) is 1. The van der Waals surface area contributed by atoms with Crippen molar-refractivity contribution in [3.63, 3.8) is 0 Å². The quantitative estimate of drug-likeness (QED) is 0.335. The van der Waals surface area contributed by atoms with Crippen molar-refractivity contribution in [2.24, 2.45) is 0 Å². The summed E-state index contributed by atoms with van der Waals surface area (Å²) in [5.74, 6) is 1.86. The van der Waals surface area contributed by atoms with Gasteiger partial charge in [0.2, 0.25) is 11.7 Å². The molecule has 36 heavy (non-hydrogen) atoms. The monoisotopic (exact) mass is 499 g/mol. The zero-order chi connectivity index (χ0) is 26.1. The van der Waals surface area contributed by atoms with Crippen LogP contribution in [0.5, 0.6) is 23.0 Å². The van der Waals surface area contributed by atoms with Crippen molar-refractivity contribution in [2.75, 3.05) is 41.6 Å². The Kier molecular flexibility index (Phi) is 9.85. The van der Waals surface area contributed by atoms with Crippen molar-refractivity contribution < 1.29 is 33.3 Å². The largest absolute Gasteiger partial charge is 0.497 e. The number of amides is 1. The smallest absolute Gasteiger partial charge is 0.328 e. The molecule has 1 unspecified atom stereocenters. The van der Waals surface area contributed by atoms with Gasteiger partial charge in [-0.3, -0.25) is 4.79 Å². The van der Waals surface area contributed by atoms with Crippen molar-refractivity contribution in [1.82, 2.24) is 4.90 Å². The van der Waals surface area contributed by atoms with Crippen LogP contribution in [0.1, 0.15) is 49.7 Å². The average Bonchev–Trinajstić information content (AvgIpc) is 2.92. The second kappa shape index (κ2) is 13.0. The van der Waals surface area contributed by atoms with Gasteiger partial charge in [-0.05, 0) is 60.6 Å². The zero-order valence-corrected chi connectivity index (χ0v) is 21.9. The Bertz CT molecular complexity index is 996. The lowest BCUT2D eigenvalue weighted by Gasteiger charge is -2.38. The van der Waals surface area contributed by atoms with Gasteiger partial charge >= 0.3 is 5.97 Å². The van der Waals surface area contributed by atoms with Crippen LogP contribution in [-0.4, -0.2) is 64.4 Å². The number of esters is 1. The number of carbonyl (C=O) groups is 2. The SMILES string of the molecule is CCCCOC(=O)[C@@H]1CC(c2ccc(OC)cc2)CCN1C(=O)Cc1cc(OC)c(OC)c(OC)c1. The number of hydrogen-bond acceptors (Lipinski definition) is 7. The maximum absolute atomic E-state index is 13.5. The topological polar surface area (TPSA) is 83.5 Å². The molecular weight excluding hydrogens is 462 g/mol. The third-order valence-electron chi connectivity index (χ3n) is 6.60. The molecule has 3 rings (SSSR count). The molecule has 0 spiro atoms. The van der Waals surface area contributed by atoms with Gasteiger partial charge in [-0.25, -0.2) is 4.79 Å². The second-order valence-corrected chi connectivity index (χ2v) is 8.83. The molecule has 196 valence electrons. The fourth-order valence-electron chi connectivity index (χ4n) is 4.59. The summed E-state index contributed by atoms with van der Waals surface area (Å²) in [6, 6.07) is 10.8. The van der Waals surface area contributed by atoms with Gasteiger partial charge in [0, 0.05) is 6.54 Å². The van der Waals surface area contributed by atoms with Crippen LogP contribution in [0.4, 0.5) is 0 Å². The van der Waals surface area contributed by atoms with Crippen LogP contribution in [0.15, 0.2) is 36.4 Å². The minimum atomic E-state index is -0.641. The Morgan fingerprint density at radius 2 is 1.61 bits per heavy atom. The first-order valence-corrected chi connectivity index (χ1v) is 12.3. The van der Waals surface area contributed by atoms with Crippen LogP contribution >= 0.6 is 0 Å². The molecule has 0 saturated carbocycles. The molecule has 2 aromatic rings. The van der Waals surface area contributed by atoms with E-state index in [0.29, 0.717) is 42.4 Å². The zero-order valence-electron chi connectivity index (χ0n) is 21.9. The number of methoxy groups -OCH3 is 4. The number of piperidine rings is 1. The van der Waals surface area contributed by atoms with E-state index in [9.17, 15) is 9.59 Å². The van der Waals surface area contributed by atoms with Crippen LogP contribution in [0, 0.1) is 0 Å². The van der Waals surface area contributed by atoms with Crippen LogP contribution in [0.25, 0.3) is 0 Å². The molecule has 1 heterocycles. The van der Waals surface area contributed by atoms with Gasteiger partial charge in [0.1, 0.15) is 11.8 Å². The standard InChI is InChI=1S/C28H37NO7/c1-6-7-14-36-28(31)23-18-21(20-8-10-22(32-2)11-9-20)12-13-29(23)26(30)17-19-15-24(33-3)27(35-5)25(16-19)34-4/h8-11,15-16,21,23H,6-7,12-14,17-18H2,1-5H3/t21?,23-/m0/s1. The fraction of sp³-hybridized carbons (Fsp3) is 0.500. The summed E-state index contributed by atoms with van der Waals surface area (Å²) in [7, 11) is 6.24. The lowest BCUT2D eigenvalue weighted by molar-refractivity contribution is -0.157. The van der Waals surface area contributed by atoms with Crippen LogP contribution < -0.4 is 18.9 Å². The highest BCUT2D eigenvalue weighted by Gasteiger charge is 2.37. The van der Waals surface area contributed by atoms with E-state index in [1.807, 2.05) is 31.2 Å². The van der Waals surface area contributed by atoms with Crippen molar-refractivity contribution in [3.05, 3.63) is 47.5 Å². The number of nitrogens with zero attached hydrogens (tertiary/aromatic N) is 1. The lowest BCUT2D eigenvalue weighted by Crippen LogP contribution is -2.50. The molecule has 2 atom stereocenters. The first-order chi connectivity index (χ1) is 17.4. The van der Waals surface area contributed by atoms with Crippen molar-refractivity contribution in [3.8, 4) is 23.0 Å². The normalized spacial score (nSPS) is 17.3. The lowest BCUT2D eigenvalue weighted by atomic mass is 9.85. The van der Waals surface area contributed by atoms with E-state index in [4.69, 9.17) is 23.7 Å². The molecular formula is C28H37NO7. The Morgan fingerprint density at radius 3 is 2.17 bits per heavy atom. The number of carbonyl (C=O) groups excluding carboxylic acids is 2. The Hall–Kier alpha value is -3.42. The molecule has 0 aliphatic carbocycles. The molecule has 0 aromatic heterocycles. The average molecular weight is 500 g/mol. The van der Waals surface area contributed by atoms with Gasteiger partial charge in [0.25, 0.3) is 0 Å². The molecule has 1 aliphatic rings. The predicted octanol–water partition coefficient (Wildman–Crippen LogP) is 4.38. The summed E-state index contributed by atoms with van der Waals surface area (Å²) in [5, 5.41) is 0. The number of ether oxygens (including phenoxy) is 5. The van der Waals surface area contributed by atoms with E-state index >= 15 is 0 Å². The van der Waals surface area contributed by atoms with E-state index < -0.39 is 6.04 Å². The molecule has 0 bridgehead atoms. The third-order valence-corrected chi connectivity index (χ3v) is 6.60. The molecule has 2 aromatic carbocycles. The van der Waals surface area contributed by atoms with Crippen LogP contribution in [0.2, 0.25) is 0 Å². The summed E-state index contributed by atoms with van der Waals surface area (Å²) in [5.41, 5.74) is 1.84. The summed E-state index contributed by atoms with van der Waals surface area (Å²) in [4.78, 5) is 28.3. The second-order valence-electron chi connectivity index (χ2n) is 8.83. The van der Waals surface area contributed by atoms with Crippen molar-refractivity contribution in [2.45, 2.75) is 51.0 Å². The summed E-state index contributed by atoms with van der Waals surface area (Å²) in [6.45, 7) is 2.86. The molecule has 0 radical (unpaired) electrons. The number of rotatable bonds is 11. The van der Waals surface area contributed by atoms with Crippen molar-refractivity contribution in [1.29, 1.82) is 0 Å². The van der Waals surface area contributed by atoms with Crippen molar-refractivity contribution >= 4 is 11.9 Å². The van der Waals surface area contributed by atoms with E-state index in [-0.39, 0.29) is 24.2 Å². The Balaban J connectivity index is 1.81. The highest BCUT2D eigenvalue weighted by molar-refractivity contribution is 5.86. The number of benzene rings is 2. The molecule has 1 saturated heterocycles. The molecule has 8 nitrogen and oxygen atoms in total. The summed E-state index contributed by atoms with van der Waals surface area (Å²) in [6.07, 6.45) is 3.09. The van der Waals surface area contributed by atoms with Crippen LogP contribution in [-0.2, 0) is 20.7 Å². The first kappa shape index (κ1) is 27.2. The summed E-state index contributed by atoms with van der Waals surface area (Å²) < 4.78 is 27.1. The third kappa shape index (κ3) is 6.42. The molecule has 1 amide bonds. The Morgan fingerprint density at radius 1 is 0.944 bits per heavy atom. The van der Waals surface area contributed by atoms with Gasteiger partial charge < -0.3 is 28.6 Å². The predicted molar refractivity (Wildman–Crippen MR) is 136 cm³/mol. The first-order valence-electron chi connectivity index (χ1n) is 12.3. The highest BCUT2D eigenvalue weighted by atomic mass is 16.5. The van der Waals surface area contributed by atoms with E-state index in [0.717, 1.165) is 30.6 Å². The minimum Gasteiger partial charge on any atom is -0.497 e. The highest BCUT2D eigenvalue weighted by Crippen LogP contribution is 2.39. The molecule has 8 heteroatoms. The maximum atomic E-state index is 13.5. The van der Waals surface area contributed by atoms with E-state index in [2.05, 4.69) is 0 Å². The summed E-state index contributed by atoms with van der Waals surface area (Å²) >= 11 is 0. The molecule has 1 fully saturated rings. The van der Waals surface area contributed by atoms with E-state index in [1.54, 1.807) is 24.1 Å². The van der Waals surface area contributed by atoms with Crippen LogP contribution in [0.3, 0.4) is 0 Å². The fourth-order valence-corrected chi connectivity index (χ4v) is 4.59. The van der Waals surface area contributed by atoms with Gasteiger partial charge in [0.05, 0.1) is 41.5 Å². The van der Waals surface area contributed by atoms with Gasteiger partial charge in [0.15, 0.2) is 11.5 Å². The number of likely N-dealkylation sites (tertiary alicyclic amines) is 1. The van der Waals surface area contributed by atoms with Gasteiger partial charge in [-0.15, -0.1) is 0 Å². The molecule has 1 aliphatic heterocycles. The minimum absolute atomic E-state index is 0.0999. The number of hydrogen-bond donors (Lipinski definition) is 0. The maximum Gasteiger partial charge on any atom is 0.328 e.